The van der Waals surface area contributed by atoms with Gasteiger partial charge in [0.15, 0.2) is 0 Å². The van der Waals surface area contributed by atoms with Crippen molar-refractivity contribution in [3.8, 4) is 17.6 Å². The van der Waals surface area contributed by atoms with Gasteiger partial charge in [-0.3, -0.25) is 0 Å². The lowest BCUT2D eigenvalue weighted by molar-refractivity contribution is 0.483. The summed E-state index contributed by atoms with van der Waals surface area (Å²) in [7, 11) is 0. The second-order valence-electron chi connectivity index (χ2n) is 6.60. The summed E-state index contributed by atoms with van der Waals surface area (Å²) in [5.41, 5.74) is 3.04. The molecule has 0 saturated carbocycles. The van der Waals surface area contributed by atoms with Crippen LogP contribution in [0.2, 0.25) is 0 Å². The highest BCUT2D eigenvalue weighted by atomic mass is 16.5. The first kappa shape index (κ1) is 19.0. The van der Waals surface area contributed by atoms with Crippen molar-refractivity contribution in [2.45, 2.75) is 6.92 Å². The van der Waals surface area contributed by atoms with Crippen LogP contribution >= 0.6 is 0 Å². The highest BCUT2D eigenvalue weighted by molar-refractivity contribution is 5.61. The van der Waals surface area contributed by atoms with Crippen LogP contribution in [-0.2, 0) is 0 Å². The van der Waals surface area contributed by atoms with Gasteiger partial charge in [-0.25, -0.2) is 4.98 Å². The highest BCUT2D eigenvalue weighted by Gasteiger charge is 2.05. The summed E-state index contributed by atoms with van der Waals surface area (Å²) in [6.07, 6.45) is 0. The molecule has 4 rings (SSSR count). The second kappa shape index (κ2) is 8.76. The van der Waals surface area contributed by atoms with Crippen LogP contribution in [0.15, 0.2) is 84.9 Å². The van der Waals surface area contributed by atoms with Gasteiger partial charge in [-0.2, -0.15) is 10.2 Å². The van der Waals surface area contributed by atoms with Crippen molar-refractivity contribution in [2.24, 2.45) is 0 Å². The maximum Gasteiger partial charge on any atom is 0.229 e. The van der Waals surface area contributed by atoms with Crippen LogP contribution in [0.3, 0.4) is 0 Å². The Bertz CT molecular complexity index is 1180. The third kappa shape index (κ3) is 4.91. The van der Waals surface area contributed by atoms with Crippen LogP contribution < -0.4 is 15.4 Å². The monoisotopic (exact) mass is 393 g/mol. The number of rotatable bonds is 6. The van der Waals surface area contributed by atoms with Crippen molar-refractivity contribution in [1.29, 1.82) is 5.26 Å². The van der Waals surface area contributed by atoms with Crippen LogP contribution in [0, 0.1) is 18.3 Å². The standard InChI is InChI=1S/C24H19N5O/c1-17-14-23(27-20-7-5-6-18(15-20)16-25)29-24(26-17)28-19-10-12-22(13-11-19)30-21-8-3-2-4-9-21/h2-15H,1H3,(H2,26,27,28,29). The van der Waals surface area contributed by atoms with Gasteiger partial charge in [0.05, 0.1) is 11.6 Å². The molecule has 0 fully saturated rings. The Morgan fingerprint density at radius 2 is 1.53 bits per heavy atom. The normalized spacial score (nSPS) is 10.1. The Morgan fingerprint density at radius 1 is 0.767 bits per heavy atom. The minimum Gasteiger partial charge on any atom is -0.457 e. The minimum atomic E-state index is 0.477. The fourth-order valence-corrected chi connectivity index (χ4v) is 2.86. The summed E-state index contributed by atoms with van der Waals surface area (Å²) in [6.45, 7) is 1.90. The summed E-state index contributed by atoms with van der Waals surface area (Å²) >= 11 is 0. The van der Waals surface area contributed by atoms with Crippen molar-refractivity contribution in [1.82, 2.24) is 9.97 Å². The summed E-state index contributed by atoms with van der Waals surface area (Å²) < 4.78 is 5.82. The van der Waals surface area contributed by atoms with Crippen LogP contribution in [0.4, 0.5) is 23.1 Å². The minimum absolute atomic E-state index is 0.477. The van der Waals surface area contributed by atoms with Crippen molar-refractivity contribution in [3.63, 3.8) is 0 Å². The van der Waals surface area contributed by atoms with Gasteiger partial charge in [0.1, 0.15) is 17.3 Å². The molecule has 0 bridgehead atoms. The van der Waals surface area contributed by atoms with Gasteiger partial charge in [-0.15, -0.1) is 0 Å². The molecule has 1 heterocycles. The van der Waals surface area contributed by atoms with E-state index >= 15 is 0 Å². The van der Waals surface area contributed by atoms with Gasteiger partial charge in [0.2, 0.25) is 5.95 Å². The SMILES string of the molecule is Cc1cc(Nc2cccc(C#N)c2)nc(Nc2ccc(Oc3ccccc3)cc2)n1. The van der Waals surface area contributed by atoms with E-state index in [0.29, 0.717) is 17.3 Å². The molecule has 0 spiro atoms. The number of nitrogens with zero attached hydrogens (tertiary/aromatic N) is 3. The van der Waals surface area contributed by atoms with E-state index in [2.05, 4.69) is 26.7 Å². The zero-order valence-electron chi connectivity index (χ0n) is 16.3. The number of nitrogens with one attached hydrogen (secondary N) is 2. The van der Waals surface area contributed by atoms with E-state index in [0.717, 1.165) is 28.6 Å². The van der Waals surface area contributed by atoms with E-state index in [1.807, 2.05) is 79.7 Å². The predicted molar refractivity (Wildman–Crippen MR) is 117 cm³/mol. The molecular weight excluding hydrogens is 374 g/mol. The van der Waals surface area contributed by atoms with Gasteiger partial charge in [-0.1, -0.05) is 24.3 Å². The zero-order chi connectivity index (χ0) is 20.8. The van der Waals surface area contributed by atoms with Crippen molar-refractivity contribution < 1.29 is 4.74 Å². The third-order valence-corrected chi connectivity index (χ3v) is 4.21. The quantitative estimate of drug-likeness (QED) is 0.422. The van der Waals surface area contributed by atoms with E-state index in [-0.39, 0.29) is 0 Å². The van der Waals surface area contributed by atoms with E-state index in [1.54, 1.807) is 12.1 Å². The van der Waals surface area contributed by atoms with Crippen molar-refractivity contribution in [2.75, 3.05) is 10.6 Å². The molecule has 30 heavy (non-hydrogen) atoms. The number of hydrogen-bond acceptors (Lipinski definition) is 6. The number of ether oxygens (including phenoxy) is 1. The molecule has 0 unspecified atom stereocenters. The number of hydrogen-bond donors (Lipinski definition) is 2. The Labute approximate surface area is 174 Å². The van der Waals surface area contributed by atoms with Gasteiger partial charge in [-0.05, 0) is 61.5 Å². The maximum atomic E-state index is 9.06. The lowest BCUT2D eigenvalue weighted by atomic mass is 10.2. The lowest BCUT2D eigenvalue weighted by Crippen LogP contribution is -2.02. The molecule has 0 amide bonds. The zero-order valence-corrected chi connectivity index (χ0v) is 16.3. The van der Waals surface area contributed by atoms with E-state index in [1.165, 1.54) is 0 Å². The number of benzene rings is 3. The number of aryl methyl sites for hydroxylation is 1. The average Bonchev–Trinajstić information content (AvgIpc) is 2.76. The molecule has 4 aromatic rings. The molecule has 6 heteroatoms. The highest BCUT2D eigenvalue weighted by Crippen LogP contribution is 2.24. The van der Waals surface area contributed by atoms with Crippen molar-refractivity contribution in [3.05, 3.63) is 96.2 Å². The molecule has 0 radical (unpaired) electrons. The molecule has 0 aliphatic rings. The molecular formula is C24H19N5O. The van der Waals surface area contributed by atoms with Gasteiger partial charge < -0.3 is 15.4 Å². The van der Waals surface area contributed by atoms with E-state index in [9.17, 15) is 0 Å². The second-order valence-corrected chi connectivity index (χ2v) is 6.60. The first-order valence-corrected chi connectivity index (χ1v) is 9.41. The smallest absolute Gasteiger partial charge is 0.229 e. The Kier molecular flexibility index (Phi) is 5.54. The Morgan fingerprint density at radius 3 is 2.30 bits per heavy atom. The molecule has 6 nitrogen and oxygen atoms in total. The summed E-state index contributed by atoms with van der Waals surface area (Å²) in [6, 6.07) is 28.5. The van der Waals surface area contributed by atoms with Crippen LogP contribution in [-0.4, -0.2) is 9.97 Å². The molecule has 1 aromatic heterocycles. The van der Waals surface area contributed by atoms with Gasteiger partial charge >= 0.3 is 0 Å². The topological polar surface area (TPSA) is 82.9 Å². The molecule has 2 N–H and O–H groups in total. The number of nitriles is 1. The van der Waals surface area contributed by atoms with Gasteiger partial charge in [0.25, 0.3) is 0 Å². The largest absolute Gasteiger partial charge is 0.457 e. The molecule has 0 aliphatic carbocycles. The Balaban J connectivity index is 1.47. The van der Waals surface area contributed by atoms with Gasteiger partial charge in [0, 0.05) is 23.1 Å². The fraction of sp³-hybridized carbons (Fsp3) is 0.0417. The van der Waals surface area contributed by atoms with E-state index in [4.69, 9.17) is 10.00 Å². The predicted octanol–water partition coefficient (Wildman–Crippen LogP) is 5.94. The summed E-state index contributed by atoms with van der Waals surface area (Å²) in [4.78, 5) is 8.97. The lowest BCUT2D eigenvalue weighted by Gasteiger charge is -2.11. The van der Waals surface area contributed by atoms with Crippen molar-refractivity contribution >= 4 is 23.1 Å². The molecule has 0 atom stereocenters. The third-order valence-electron chi connectivity index (χ3n) is 4.21. The number of para-hydroxylation sites is 1. The van der Waals surface area contributed by atoms with Crippen LogP contribution in [0.25, 0.3) is 0 Å². The van der Waals surface area contributed by atoms with E-state index < -0.39 is 0 Å². The maximum absolute atomic E-state index is 9.06. The first-order valence-electron chi connectivity index (χ1n) is 9.41. The number of aromatic nitrogens is 2. The molecule has 0 saturated heterocycles. The molecule has 0 aliphatic heterocycles. The molecule has 146 valence electrons. The summed E-state index contributed by atoms with van der Waals surface area (Å²) in [5, 5.41) is 15.5. The summed E-state index contributed by atoms with van der Waals surface area (Å²) in [5.74, 6) is 2.66. The first-order chi connectivity index (χ1) is 14.7. The molecule has 3 aromatic carbocycles. The van der Waals surface area contributed by atoms with Crippen LogP contribution in [0.1, 0.15) is 11.3 Å². The average molecular weight is 393 g/mol. The Hall–Kier alpha value is -4.37. The fourth-order valence-electron chi connectivity index (χ4n) is 2.86. The van der Waals surface area contributed by atoms with Crippen LogP contribution in [0.5, 0.6) is 11.5 Å². The number of anilines is 4.